The summed E-state index contributed by atoms with van der Waals surface area (Å²) in [5.74, 6) is -0.110. The van der Waals surface area contributed by atoms with E-state index in [0.717, 1.165) is 35.5 Å². The second kappa shape index (κ2) is 7.18. The van der Waals surface area contributed by atoms with Gasteiger partial charge in [-0.05, 0) is 37.6 Å². The molecule has 0 bridgehead atoms. The first-order valence-corrected chi connectivity index (χ1v) is 9.33. The first kappa shape index (κ1) is 17.3. The van der Waals surface area contributed by atoms with E-state index in [1.807, 2.05) is 25.1 Å². The number of carbonyl (C=O) groups is 1. The summed E-state index contributed by atoms with van der Waals surface area (Å²) < 4.78 is 0. The number of halogens is 2. The molecule has 1 atom stereocenters. The number of nitrogens with two attached hydrogens (primary N) is 1. The zero-order chi connectivity index (χ0) is 17.3. The number of nitrogens with zero attached hydrogens (tertiary/aromatic N) is 1. The second-order valence-corrected chi connectivity index (χ2v) is 7.71. The Morgan fingerprint density at radius 1 is 1.33 bits per heavy atom. The van der Waals surface area contributed by atoms with Gasteiger partial charge in [0.05, 0.1) is 10.0 Å². The smallest absolute Gasteiger partial charge is 0.244 e. The minimum absolute atomic E-state index is 0.206. The van der Waals surface area contributed by atoms with Crippen LogP contribution in [0.1, 0.15) is 13.3 Å². The molecule has 6 heteroatoms. The average Bonchev–Trinajstić information content (AvgIpc) is 3.16. The molecule has 3 rings (SSSR count). The zero-order valence-corrected chi connectivity index (χ0v) is 15.6. The van der Waals surface area contributed by atoms with Gasteiger partial charge in [0.25, 0.3) is 0 Å². The minimum atomic E-state index is -0.316. The molecule has 126 valence electrons. The molecular formula is C18H18Cl2N2OS. The number of allylic oxidation sites excluding steroid dienone is 1. The highest BCUT2D eigenvalue weighted by molar-refractivity contribution is 7.19. The molecule has 24 heavy (non-hydrogen) atoms. The van der Waals surface area contributed by atoms with E-state index in [9.17, 15) is 4.79 Å². The summed E-state index contributed by atoms with van der Waals surface area (Å²) in [6.07, 6.45) is 2.78. The van der Waals surface area contributed by atoms with Gasteiger partial charge in [-0.3, -0.25) is 4.79 Å². The molecule has 1 aromatic heterocycles. The first-order valence-electron chi connectivity index (χ1n) is 7.75. The van der Waals surface area contributed by atoms with Crippen LogP contribution in [0.2, 0.25) is 10.0 Å². The van der Waals surface area contributed by atoms with E-state index >= 15 is 0 Å². The van der Waals surface area contributed by atoms with Gasteiger partial charge >= 0.3 is 0 Å². The van der Waals surface area contributed by atoms with E-state index in [1.165, 1.54) is 5.00 Å². The molecule has 0 aliphatic carbocycles. The molecule has 2 N–H and O–H groups in total. The van der Waals surface area contributed by atoms with Gasteiger partial charge < -0.3 is 10.6 Å². The fraction of sp³-hybridized carbons (Fsp3) is 0.278. The third kappa shape index (κ3) is 3.46. The molecule has 1 aliphatic heterocycles. The predicted molar refractivity (Wildman–Crippen MR) is 103 cm³/mol. The quantitative estimate of drug-likeness (QED) is 0.760. The molecule has 1 fully saturated rings. The fourth-order valence-electron chi connectivity index (χ4n) is 3.13. The van der Waals surface area contributed by atoms with Crippen molar-refractivity contribution in [3.63, 3.8) is 0 Å². The third-order valence-corrected chi connectivity index (χ3v) is 6.05. The number of amides is 1. The number of thiophene rings is 1. The van der Waals surface area contributed by atoms with Crippen molar-refractivity contribution in [3.05, 3.63) is 52.0 Å². The summed E-state index contributed by atoms with van der Waals surface area (Å²) in [6.45, 7) is 3.61. The number of rotatable bonds is 4. The maximum Gasteiger partial charge on any atom is 0.244 e. The van der Waals surface area contributed by atoms with Crippen molar-refractivity contribution in [1.29, 1.82) is 0 Å². The van der Waals surface area contributed by atoms with E-state index in [1.54, 1.807) is 17.4 Å². The van der Waals surface area contributed by atoms with Crippen LogP contribution in [-0.2, 0) is 4.79 Å². The number of hydrogen-bond donors (Lipinski definition) is 1. The van der Waals surface area contributed by atoms with Crippen LogP contribution in [0.5, 0.6) is 0 Å². The minimum Gasteiger partial charge on any atom is -0.366 e. The third-order valence-electron chi connectivity index (χ3n) is 4.32. The van der Waals surface area contributed by atoms with E-state index < -0.39 is 0 Å². The van der Waals surface area contributed by atoms with E-state index in [4.69, 9.17) is 28.9 Å². The van der Waals surface area contributed by atoms with E-state index in [-0.39, 0.29) is 11.8 Å². The lowest BCUT2D eigenvalue weighted by molar-refractivity contribution is -0.115. The van der Waals surface area contributed by atoms with Gasteiger partial charge in [0.1, 0.15) is 0 Å². The van der Waals surface area contributed by atoms with Gasteiger partial charge in [-0.25, -0.2) is 0 Å². The normalized spacial score (nSPS) is 18.2. The number of hydrogen-bond acceptors (Lipinski definition) is 3. The fourth-order valence-corrected chi connectivity index (χ4v) is 4.77. The Morgan fingerprint density at radius 3 is 2.79 bits per heavy atom. The molecule has 2 aromatic rings. The Bertz CT molecular complexity index is 800. The van der Waals surface area contributed by atoms with E-state index in [0.29, 0.717) is 10.0 Å². The average molecular weight is 381 g/mol. The molecule has 2 heterocycles. The van der Waals surface area contributed by atoms with Gasteiger partial charge in [-0.15, -0.1) is 11.3 Å². The van der Waals surface area contributed by atoms with Crippen LogP contribution < -0.4 is 10.6 Å². The van der Waals surface area contributed by atoms with Crippen molar-refractivity contribution in [3.8, 4) is 10.4 Å². The van der Waals surface area contributed by atoms with Gasteiger partial charge in [-0.2, -0.15) is 0 Å². The number of carbonyl (C=O) groups excluding carboxylic acids is 1. The first-order chi connectivity index (χ1) is 11.5. The SMILES string of the molecule is C/C=C(\C(N)=O)C1CCN(c2ccc(-c3ccc(Cl)cc3Cl)s2)C1. The summed E-state index contributed by atoms with van der Waals surface area (Å²) in [7, 11) is 0. The lowest BCUT2D eigenvalue weighted by atomic mass is 9.97. The molecular weight excluding hydrogens is 363 g/mol. The van der Waals surface area contributed by atoms with Crippen molar-refractivity contribution >= 4 is 45.4 Å². The Labute approximate surface area is 155 Å². The molecule has 1 aliphatic rings. The van der Waals surface area contributed by atoms with Crippen molar-refractivity contribution < 1.29 is 4.79 Å². The Morgan fingerprint density at radius 2 is 2.12 bits per heavy atom. The molecule has 1 saturated heterocycles. The van der Waals surface area contributed by atoms with Crippen molar-refractivity contribution in [1.82, 2.24) is 0 Å². The van der Waals surface area contributed by atoms with Gasteiger partial charge in [0, 0.05) is 40.0 Å². The molecule has 0 saturated carbocycles. The van der Waals surface area contributed by atoms with Crippen molar-refractivity contribution in [2.45, 2.75) is 13.3 Å². The second-order valence-electron chi connectivity index (χ2n) is 5.80. The zero-order valence-electron chi connectivity index (χ0n) is 13.3. The highest BCUT2D eigenvalue weighted by Crippen LogP contribution is 2.40. The predicted octanol–water partition coefficient (Wildman–Crippen LogP) is 4.98. The van der Waals surface area contributed by atoms with E-state index in [2.05, 4.69) is 17.0 Å². The summed E-state index contributed by atoms with van der Waals surface area (Å²) >= 11 is 14.0. The van der Waals surface area contributed by atoms with Crippen molar-refractivity contribution in [2.75, 3.05) is 18.0 Å². The summed E-state index contributed by atoms with van der Waals surface area (Å²) in [6, 6.07) is 9.73. The van der Waals surface area contributed by atoms with Crippen LogP contribution >= 0.6 is 34.5 Å². The van der Waals surface area contributed by atoms with Gasteiger partial charge in [-0.1, -0.05) is 35.3 Å². The lowest BCUT2D eigenvalue weighted by Crippen LogP contribution is -2.24. The molecule has 1 amide bonds. The van der Waals surface area contributed by atoms with Crippen LogP contribution in [0.15, 0.2) is 42.0 Å². The molecule has 0 radical (unpaired) electrons. The standard InChI is InChI=1S/C18H18Cl2N2OS/c1-2-13(18(21)23)11-7-8-22(10-11)17-6-5-16(24-17)14-4-3-12(19)9-15(14)20/h2-6,9,11H,7-8,10H2,1H3,(H2,21,23)/b13-2-. The topological polar surface area (TPSA) is 46.3 Å². The van der Waals surface area contributed by atoms with Crippen LogP contribution in [0, 0.1) is 5.92 Å². The Kier molecular flexibility index (Phi) is 5.18. The largest absolute Gasteiger partial charge is 0.366 e. The maximum absolute atomic E-state index is 11.5. The number of primary amides is 1. The Balaban J connectivity index is 1.78. The van der Waals surface area contributed by atoms with Crippen LogP contribution in [0.4, 0.5) is 5.00 Å². The monoisotopic (exact) mass is 380 g/mol. The van der Waals surface area contributed by atoms with Crippen LogP contribution in [-0.4, -0.2) is 19.0 Å². The maximum atomic E-state index is 11.5. The van der Waals surface area contributed by atoms with Crippen LogP contribution in [0.25, 0.3) is 10.4 Å². The van der Waals surface area contributed by atoms with Crippen molar-refractivity contribution in [2.24, 2.45) is 11.7 Å². The highest BCUT2D eigenvalue weighted by atomic mass is 35.5. The number of benzene rings is 1. The van der Waals surface area contributed by atoms with Gasteiger partial charge in [0.2, 0.25) is 5.91 Å². The van der Waals surface area contributed by atoms with Gasteiger partial charge in [0.15, 0.2) is 0 Å². The summed E-state index contributed by atoms with van der Waals surface area (Å²) in [5.41, 5.74) is 7.19. The highest BCUT2D eigenvalue weighted by Gasteiger charge is 2.28. The molecule has 3 nitrogen and oxygen atoms in total. The lowest BCUT2D eigenvalue weighted by Gasteiger charge is -2.16. The molecule has 1 aromatic carbocycles. The van der Waals surface area contributed by atoms with Crippen LogP contribution in [0.3, 0.4) is 0 Å². The summed E-state index contributed by atoms with van der Waals surface area (Å²) in [5, 5.41) is 2.46. The Hall–Kier alpha value is -1.49. The molecule has 1 unspecified atom stereocenters. The number of anilines is 1. The molecule has 0 spiro atoms. The summed E-state index contributed by atoms with van der Waals surface area (Å²) in [4.78, 5) is 14.9.